The van der Waals surface area contributed by atoms with E-state index >= 15 is 0 Å². The maximum absolute atomic E-state index is 12.0. The van der Waals surface area contributed by atoms with Gasteiger partial charge in [-0.1, -0.05) is 6.92 Å². The fourth-order valence-electron chi connectivity index (χ4n) is 2.04. The molecule has 134 valence electrons. The molecule has 0 aromatic carbocycles. The Labute approximate surface area is 142 Å². The van der Waals surface area contributed by atoms with Crippen molar-refractivity contribution >= 4 is 21.9 Å². The molecular formula is C15H24N4O4S. The number of nitrogens with one attached hydrogen (secondary N) is 2. The van der Waals surface area contributed by atoms with E-state index < -0.39 is 27.8 Å². The summed E-state index contributed by atoms with van der Waals surface area (Å²) in [4.78, 5) is 20.2. The van der Waals surface area contributed by atoms with Crippen molar-refractivity contribution < 1.29 is 17.9 Å². The minimum absolute atomic E-state index is 0.156. The second kappa shape index (κ2) is 6.92. The van der Waals surface area contributed by atoms with Gasteiger partial charge in [-0.25, -0.2) is 18.2 Å². The molecule has 0 radical (unpaired) electrons. The minimum atomic E-state index is -3.40. The van der Waals surface area contributed by atoms with E-state index in [1.807, 2.05) is 6.92 Å². The molecule has 1 atom stereocenters. The predicted molar refractivity (Wildman–Crippen MR) is 90.0 cm³/mol. The molecule has 1 aliphatic carbocycles. The van der Waals surface area contributed by atoms with E-state index in [-0.39, 0.29) is 11.1 Å². The SMILES string of the molecule is CCC(NC(=O)OC(C)(C)C)c1cncc(NS(=O)(=O)C2CC2)n1. The van der Waals surface area contributed by atoms with Gasteiger partial charge in [0.1, 0.15) is 5.60 Å². The molecule has 9 heteroatoms. The van der Waals surface area contributed by atoms with Crippen molar-refractivity contribution in [2.24, 2.45) is 0 Å². The summed E-state index contributed by atoms with van der Waals surface area (Å²) >= 11 is 0. The van der Waals surface area contributed by atoms with Crippen LogP contribution in [0.15, 0.2) is 12.4 Å². The van der Waals surface area contributed by atoms with Crippen LogP contribution in [0, 0.1) is 0 Å². The van der Waals surface area contributed by atoms with Crippen LogP contribution in [0.3, 0.4) is 0 Å². The van der Waals surface area contributed by atoms with Crippen molar-refractivity contribution in [2.45, 2.75) is 63.9 Å². The summed E-state index contributed by atoms with van der Waals surface area (Å²) in [5.74, 6) is 0.156. The third-order valence-corrected chi connectivity index (χ3v) is 5.16. The fraction of sp³-hybridized carbons (Fsp3) is 0.667. The third kappa shape index (κ3) is 5.33. The van der Waals surface area contributed by atoms with Crippen LogP contribution < -0.4 is 10.0 Å². The molecule has 0 aliphatic heterocycles. The highest BCUT2D eigenvalue weighted by molar-refractivity contribution is 7.93. The summed E-state index contributed by atoms with van der Waals surface area (Å²) in [6, 6.07) is -0.419. The lowest BCUT2D eigenvalue weighted by Gasteiger charge is -2.23. The Balaban J connectivity index is 2.08. The van der Waals surface area contributed by atoms with Crippen molar-refractivity contribution in [1.29, 1.82) is 0 Å². The molecule has 1 heterocycles. The molecule has 2 rings (SSSR count). The average Bonchev–Trinajstić information content (AvgIpc) is 3.27. The highest BCUT2D eigenvalue weighted by Gasteiger charge is 2.36. The third-order valence-electron chi connectivity index (χ3n) is 3.32. The van der Waals surface area contributed by atoms with Gasteiger partial charge in [0, 0.05) is 0 Å². The van der Waals surface area contributed by atoms with Crippen LogP contribution in [-0.4, -0.2) is 35.3 Å². The largest absolute Gasteiger partial charge is 0.444 e. The lowest BCUT2D eigenvalue weighted by Crippen LogP contribution is -2.35. The maximum Gasteiger partial charge on any atom is 0.408 e. The Bertz CT molecular complexity index is 696. The van der Waals surface area contributed by atoms with Gasteiger partial charge >= 0.3 is 6.09 Å². The van der Waals surface area contributed by atoms with Gasteiger partial charge < -0.3 is 10.1 Å². The van der Waals surface area contributed by atoms with E-state index in [9.17, 15) is 13.2 Å². The summed E-state index contributed by atoms with van der Waals surface area (Å²) in [5.41, 5.74) is -0.130. The summed E-state index contributed by atoms with van der Waals surface area (Å²) in [6.45, 7) is 7.21. The average molecular weight is 356 g/mol. The lowest BCUT2D eigenvalue weighted by molar-refractivity contribution is 0.0501. The smallest absolute Gasteiger partial charge is 0.408 e. The predicted octanol–water partition coefficient (Wildman–Crippen LogP) is 2.36. The zero-order valence-corrected chi connectivity index (χ0v) is 15.2. The Morgan fingerprint density at radius 1 is 1.38 bits per heavy atom. The normalized spacial score (nSPS) is 16.3. The van der Waals surface area contributed by atoms with Gasteiger partial charge in [0.05, 0.1) is 29.4 Å². The van der Waals surface area contributed by atoms with Crippen LogP contribution in [0.5, 0.6) is 0 Å². The first-order valence-corrected chi connectivity index (χ1v) is 9.48. The molecule has 1 saturated carbocycles. The van der Waals surface area contributed by atoms with Crippen molar-refractivity contribution in [2.75, 3.05) is 4.72 Å². The molecule has 1 aromatic rings. The molecule has 24 heavy (non-hydrogen) atoms. The number of hydrogen-bond acceptors (Lipinski definition) is 6. The first-order chi connectivity index (χ1) is 11.1. The van der Waals surface area contributed by atoms with Crippen molar-refractivity contribution in [1.82, 2.24) is 15.3 Å². The molecular weight excluding hydrogens is 332 g/mol. The summed E-state index contributed by atoms with van der Waals surface area (Å²) in [7, 11) is -3.40. The van der Waals surface area contributed by atoms with Crippen LogP contribution in [-0.2, 0) is 14.8 Å². The fourth-order valence-corrected chi connectivity index (χ4v) is 3.35. The topological polar surface area (TPSA) is 110 Å². The number of hydrogen-bond donors (Lipinski definition) is 2. The first-order valence-electron chi connectivity index (χ1n) is 7.94. The molecule has 1 fully saturated rings. The molecule has 0 bridgehead atoms. The zero-order chi connectivity index (χ0) is 18.0. The van der Waals surface area contributed by atoms with Crippen LogP contribution in [0.2, 0.25) is 0 Å². The Morgan fingerprint density at radius 3 is 2.58 bits per heavy atom. The number of nitrogens with zero attached hydrogens (tertiary/aromatic N) is 2. The van der Waals surface area contributed by atoms with E-state index in [0.29, 0.717) is 25.0 Å². The van der Waals surface area contributed by atoms with Crippen molar-refractivity contribution in [3.63, 3.8) is 0 Å². The monoisotopic (exact) mass is 356 g/mol. The van der Waals surface area contributed by atoms with Crippen LogP contribution in [0.25, 0.3) is 0 Å². The molecule has 0 saturated heterocycles. The second-order valence-electron chi connectivity index (χ2n) is 6.78. The van der Waals surface area contributed by atoms with Gasteiger partial charge in [0.2, 0.25) is 10.0 Å². The zero-order valence-electron chi connectivity index (χ0n) is 14.4. The second-order valence-corrected chi connectivity index (χ2v) is 8.74. The molecule has 1 unspecified atom stereocenters. The molecule has 0 spiro atoms. The molecule has 1 amide bonds. The number of rotatable bonds is 6. The Morgan fingerprint density at radius 2 is 2.04 bits per heavy atom. The van der Waals surface area contributed by atoms with Gasteiger partial charge in [-0.05, 0) is 40.0 Å². The number of amides is 1. The summed E-state index contributed by atoms with van der Waals surface area (Å²) in [6.07, 6.45) is 4.19. The van der Waals surface area contributed by atoms with E-state index in [2.05, 4.69) is 20.0 Å². The number of aromatic nitrogens is 2. The maximum atomic E-state index is 12.0. The van der Waals surface area contributed by atoms with E-state index in [0.717, 1.165) is 0 Å². The van der Waals surface area contributed by atoms with Gasteiger partial charge in [-0.3, -0.25) is 9.71 Å². The van der Waals surface area contributed by atoms with Gasteiger partial charge in [0.25, 0.3) is 0 Å². The minimum Gasteiger partial charge on any atom is -0.444 e. The van der Waals surface area contributed by atoms with Gasteiger partial charge in [-0.2, -0.15) is 0 Å². The quantitative estimate of drug-likeness (QED) is 0.809. The van der Waals surface area contributed by atoms with Crippen LogP contribution in [0.4, 0.5) is 10.6 Å². The number of carbonyl (C=O) groups is 1. The Hall–Kier alpha value is -1.90. The van der Waals surface area contributed by atoms with Gasteiger partial charge in [0.15, 0.2) is 5.82 Å². The molecule has 1 aromatic heterocycles. The molecule has 8 nitrogen and oxygen atoms in total. The Kier molecular flexibility index (Phi) is 5.32. The van der Waals surface area contributed by atoms with E-state index in [1.54, 1.807) is 20.8 Å². The highest BCUT2D eigenvalue weighted by atomic mass is 32.2. The molecule has 2 N–H and O–H groups in total. The van der Waals surface area contributed by atoms with Crippen molar-refractivity contribution in [3.8, 4) is 0 Å². The van der Waals surface area contributed by atoms with Gasteiger partial charge in [-0.15, -0.1) is 0 Å². The molecule has 1 aliphatic rings. The highest BCUT2D eigenvalue weighted by Crippen LogP contribution is 2.29. The van der Waals surface area contributed by atoms with Crippen LogP contribution >= 0.6 is 0 Å². The first kappa shape index (κ1) is 18.4. The number of alkyl carbamates (subject to hydrolysis) is 1. The lowest BCUT2D eigenvalue weighted by atomic mass is 10.1. The van der Waals surface area contributed by atoms with Crippen molar-refractivity contribution in [3.05, 3.63) is 18.1 Å². The van der Waals surface area contributed by atoms with E-state index in [1.165, 1.54) is 12.4 Å². The summed E-state index contributed by atoms with van der Waals surface area (Å²) < 4.78 is 31.6. The number of ether oxygens (including phenoxy) is 1. The number of anilines is 1. The van der Waals surface area contributed by atoms with E-state index in [4.69, 9.17) is 4.74 Å². The number of carbonyl (C=O) groups excluding carboxylic acids is 1. The van der Waals surface area contributed by atoms with Crippen LogP contribution in [0.1, 0.15) is 58.7 Å². The standard InChI is InChI=1S/C15H24N4O4S/c1-5-11(18-14(20)23-15(2,3)4)12-8-16-9-13(17-12)19-24(21,22)10-6-7-10/h8-11H,5-7H2,1-4H3,(H,17,19)(H,18,20). The summed E-state index contributed by atoms with van der Waals surface area (Å²) in [5, 5.41) is 2.38. The number of sulfonamides is 1.